The maximum atomic E-state index is 11.0. The Kier molecular flexibility index (Phi) is 4.57. The molecule has 0 heterocycles. The molecular formula is C7H10Cl2O3. The van der Waals surface area contributed by atoms with Gasteiger partial charge in [-0.3, -0.25) is 4.79 Å². The lowest BCUT2D eigenvalue weighted by Gasteiger charge is -2.14. The first-order valence-corrected chi connectivity index (χ1v) is 4.30. The predicted molar refractivity (Wildman–Crippen MR) is 46.4 cm³/mol. The number of carbonyl (C=O) groups excluding carboxylic acids is 2. The van der Waals surface area contributed by atoms with Crippen LogP contribution >= 0.6 is 23.2 Å². The average molecular weight is 213 g/mol. The second kappa shape index (κ2) is 4.67. The van der Waals surface area contributed by atoms with Crippen LogP contribution in [0.2, 0.25) is 0 Å². The molecule has 0 radical (unpaired) electrons. The monoisotopic (exact) mass is 212 g/mol. The van der Waals surface area contributed by atoms with Gasteiger partial charge in [0.25, 0.3) is 4.33 Å². The highest BCUT2D eigenvalue weighted by Crippen LogP contribution is 2.25. The minimum atomic E-state index is -2.04. The van der Waals surface area contributed by atoms with E-state index in [9.17, 15) is 9.59 Å². The maximum Gasteiger partial charge on any atom is 0.350 e. The van der Waals surface area contributed by atoms with Crippen molar-refractivity contribution in [3.63, 3.8) is 0 Å². The van der Waals surface area contributed by atoms with Crippen LogP contribution in [0.15, 0.2) is 0 Å². The second-order valence-electron chi connectivity index (χ2n) is 2.07. The fraction of sp³-hybridized carbons (Fsp3) is 0.714. The number of Topliss-reactive ketones (excluding diaryl/α,β-unsaturated/α-hetero) is 1. The summed E-state index contributed by atoms with van der Waals surface area (Å²) in [6.07, 6.45) is 0.103. The van der Waals surface area contributed by atoms with Gasteiger partial charge in [-0.15, -0.1) is 0 Å². The van der Waals surface area contributed by atoms with Crippen molar-refractivity contribution in [1.29, 1.82) is 0 Å². The van der Waals surface area contributed by atoms with Crippen LogP contribution in [-0.2, 0) is 14.3 Å². The van der Waals surface area contributed by atoms with Gasteiger partial charge in [0.15, 0.2) is 5.78 Å². The van der Waals surface area contributed by atoms with E-state index in [1.165, 1.54) is 0 Å². The highest BCUT2D eigenvalue weighted by Gasteiger charge is 2.42. The zero-order chi connectivity index (χ0) is 9.78. The van der Waals surface area contributed by atoms with Crippen LogP contribution in [0.3, 0.4) is 0 Å². The largest absolute Gasteiger partial charge is 0.463 e. The van der Waals surface area contributed by atoms with Gasteiger partial charge in [0.1, 0.15) is 0 Å². The Hall–Kier alpha value is -0.280. The van der Waals surface area contributed by atoms with E-state index in [-0.39, 0.29) is 13.0 Å². The van der Waals surface area contributed by atoms with Crippen molar-refractivity contribution in [3.8, 4) is 0 Å². The van der Waals surface area contributed by atoms with E-state index in [4.69, 9.17) is 23.2 Å². The molecule has 0 aliphatic heterocycles. The highest BCUT2D eigenvalue weighted by atomic mass is 35.5. The topological polar surface area (TPSA) is 43.4 Å². The molecule has 0 N–H and O–H groups in total. The summed E-state index contributed by atoms with van der Waals surface area (Å²) in [4.78, 5) is 21.9. The zero-order valence-corrected chi connectivity index (χ0v) is 8.41. The summed E-state index contributed by atoms with van der Waals surface area (Å²) < 4.78 is 2.47. The molecule has 5 heteroatoms. The number of rotatable bonds is 4. The van der Waals surface area contributed by atoms with Gasteiger partial charge in [-0.1, -0.05) is 30.1 Å². The molecule has 70 valence electrons. The van der Waals surface area contributed by atoms with Crippen LogP contribution in [0.1, 0.15) is 20.3 Å². The first-order valence-electron chi connectivity index (χ1n) is 3.55. The van der Waals surface area contributed by atoms with Gasteiger partial charge in [0.2, 0.25) is 0 Å². The third kappa shape index (κ3) is 2.64. The molecule has 0 aromatic heterocycles. The standard InChI is InChI=1S/C7H10Cl2O3/c1-3-5(10)7(8,9)6(11)12-4-2/h3-4H2,1-2H3. The first kappa shape index (κ1) is 11.7. The minimum Gasteiger partial charge on any atom is -0.463 e. The average Bonchev–Trinajstić information content (AvgIpc) is 2.03. The zero-order valence-electron chi connectivity index (χ0n) is 6.89. The summed E-state index contributed by atoms with van der Waals surface area (Å²) in [6, 6.07) is 0. The molecule has 0 saturated heterocycles. The van der Waals surface area contributed by atoms with Crippen LogP contribution in [0.4, 0.5) is 0 Å². The van der Waals surface area contributed by atoms with Crippen molar-refractivity contribution in [2.24, 2.45) is 0 Å². The molecule has 0 aromatic rings. The van der Waals surface area contributed by atoms with Crippen molar-refractivity contribution in [2.75, 3.05) is 6.61 Å². The quantitative estimate of drug-likeness (QED) is 0.405. The lowest BCUT2D eigenvalue weighted by molar-refractivity contribution is -0.146. The van der Waals surface area contributed by atoms with E-state index in [0.29, 0.717) is 0 Å². The fourth-order valence-corrected chi connectivity index (χ4v) is 0.934. The summed E-state index contributed by atoms with van der Waals surface area (Å²) in [7, 11) is 0. The van der Waals surface area contributed by atoms with E-state index >= 15 is 0 Å². The second-order valence-corrected chi connectivity index (χ2v) is 3.40. The summed E-state index contributed by atoms with van der Waals surface area (Å²) >= 11 is 10.9. The van der Waals surface area contributed by atoms with E-state index in [1.807, 2.05) is 0 Å². The third-order valence-electron chi connectivity index (χ3n) is 1.20. The van der Waals surface area contributed by atoms with Crippen LogP contribution in [0.25, 0.3) is 0 Å². The first-order chi connectivity index (χ1) is 5.46. The van der Waals surface area contributed by atoms with Gasteiger partial charge in [0.05, 0.1) is 6.61 Å². The molecule has 0 fully saturated rings. The van der Waals surface area contributed by atoms with Crippen molar-refractivity contribution in [1.82, 2.24) is 0 Å². The van der Waals surface area contributed by atoms with E-state index in [0.717, 1.165) is 0 Å². The number of hydrogen-bond acceptors (Lipinski definition) is 3. The van der Waals surface area contributed by atoms with Crippen LogP contribution in [0, 0.1) is 0 Å². The smallest absolute Gasteiger partial charge is 0.350 e. The molecule has 3 nitrogen and oxygen atoms in total. The molecular weight excluding hydrogens is 203 g/mol. The molecule has 0 saturated carbocycles. The number of carbonyl (C=O) groups is 2. The highest BCUT2D eigenvalue weighted by molar-refractivity contribution is 6.67. The Morgan fingerprint density at radius 3 is 2.17 bits per heavy atom. The molecule has 0 bridgehead atoms. The third-order valence-corrected chi connectivity index (χ3v) is 1.93. The lowest BCUT2D eigenvalue weighted by atomic mass is 10.2. The van der Waals surface area contributed by atoms with Gasteiger partial charge < -0.3 is 4.74 Å². The van der Waals surface area contributed by atoms with Crippen molar-refractivity contribution < 1.29 is 14.3 Å². The SMILES string of the molecule is CCOC(=O)C(Cl)(Cl)C(=O)CC. The Labute approximate surface area is 81.0 Å². The van der Waals surface area contributed by atoms with Crippen molar-refractivity contribution >= 4 is 35.0 Å². The molecule has 0 aliphatic rings. The molecule has 0 rings (SSSR count). The Bertz CT molecular complexity index is 189. The summed E-state index contributed by atoms with van der Waals surface area (Å²) in [5.41, 5.74) is 0. The predicted octanol–water partition coefficient (Wildman–Crippen LogP) is 1.70. The van der Waals surface area contributed by atoms with Gasteiger partial charge in [-0.05, 0) is 6.92 Å². The number of ketones is 1. The summed E-state index contributed by atoms with van der Waals surface area (Å²) in [6.45, 7) is 3.33. The molecule has 0 unspecified atom stereocenters. The molecule has 12 heavy (non-hydrogen) atoms. The Morgan fingerprint density at radius 2 is 1.83 bits per heavy atom. The number of alkyl halides is 2. The maximum absolute atomic E-state index is 11.0. The molecule has 0 atom stereocenters. The van der Waals surface area contributed by atoms with E-state index in [2.05, 4.69) is 4.74 Å². The van der Waals surface area contributed by atoms with E-state index < -0.39 is 16.1 Å². The molecule has 0 aromatic carbocycles. The molecule has 0 amide bonds. The molecule has 0 spiro atoms. The fourth-order valence-electron chi connectivity index (χ4n) is 0.558. The normalized spacial score (nSPS) is 11.0. The van der Waals surface area contributed by atoms with Crippen molar-refractivity contribution in [3.05, 3.63) is 0 Å². The van der Waals surface area contributed by atoms with Gasteiger partial charge in [-0.2, -0.15) is 0 Å². The van der Waals surface area contributed by atoms with Gasteiger partial charge in [-0.25, -0.2) is 4.79 Å². The van der Waals surface area contributed by atoms with Crippen LogP contribution in [-0.4, -0.2) is 22.7 Å². The lowest BCUT2D eigenvalue weighted by Crippen LogP contribution is -2.36. The summed E-state index contributed by atoms with van der Waals surface area (Å²) in [5.74, 6) is -1.45. The Balaban J connectivity index is 4.38. The van der Waals surface area contributed by atoms with Crippen LogP contribution in [0.5, 0.6) is 0 Å². The number of hydrogen-bond donors (Lipinski definition) is 0. The minimum absolute atomic E-state index is 0.103. The van der Waals surface area contributed by atoms with Crippen molar-refractivity contribution in [2.45, 2.75) is 24.6 Å². The summed E-state index contributed by atoms with van der Waals surface area (Å²) in [5, 5.41) is 0. The van der Waals surface area contributed by atoms with Gasteiger partial charge >= 0.3 is 5.97 Å². The number of ether oxygens (including phenoxy) is 1. The van der Waals surface area contributed by atoms with Gasteiger partial charge in [0, 0.05) is 6.42 Å². The van der Waals surface area contributed by atoms with E-state index in [1.54, 1.807) is 13.8 Å². The number of halogens is 2. The number of esters is 1. The Morgan fingerprint density at radius 1 is 1.33 bits per heavy atom. The molecule has 0 aliphatic carbocycles. The van der Waals surface area contributed by atoms with Crippen LogP contribution < -0.4 is 0 Å².